The number of hydrogen-bond donors (Lipinski definition) is 1. The Balaban J connectivity index is 1.77. The van der Waals surface area contributed by atoms with Gasteiger partial charge in [-0.2, -0.15) is 0 Å². The van der Waals surface area contributed by atoms with Crippen LogP contribution in [0.3, 0.4) is 0 Å². The molecule has 6 heteroatoms. The van der Waals surface area contributed by atoms with Crippen molar-refractivity contribution in [3.8, 4) is 5.69 Å². The second-order valence-electron chi connectivity index (χ2n) is 6.21. The number of aryl methyl sites for hydroxylation is 1. The summed E-state index contributed by atoms with van der Waals surface area (Å²) in [7, 11) is 0. The summed E-state index contributed by atoms with van der Waals surface area (Å²) >= 11 is 0. The third-order valence-electron chi connectivity index (χ3n) is 4.47. The van der Waals surface area contributed by atoms with E-state index >= 15 is 0 Å². The summed E-state index contributed by atoms with van der Waals surface area (Å²) in [4.78, 5) is 16.6. The van der Waals surface area contributed by atoms with E-state index in [1.807, 2.05) is 0 Å². The molecular weight excluding hydrogens is 295 g/mol. The maximum atomic E-state index is 13.0. The predicted molar refractivity (Wildman–Crippen MR) is 84.9 cm³/mol. The van der Waals surface area contributed by atoms with Gasteiger partial charge in [-0.05, 0) is 49.9 Å². The van der Waals surface area contributed by atoms with Crippen molar-refractivity contribution >= 4 is 5.91 Å². The Morgan fingerprint density at radius 2 is 1.96 bits per heavy atom. The summed E-state index contributed by atoms with van der Waals surface area (Å²) < 4.78 is 14.6. The highest BCUT2D eigenvalue weighted by molar-refractivity contribution is 5.90. The first kappa shape index (κ1) is 15.6. The van der Waals surface area contributed by atoms with Crippen LogP contribution in [0.5, 0.6) is 0 Å². The fourth-order valence-corrected chi connectivity index (χ4v) is 3.08. The first-order valence-corrected chi connectivity index (χ1v) is 8.05. The van der Waals surface area contributed by atoms with E-state index in [1.54, 1.807) is 23.7 Å². The zero-order valence-corrected chi connectivity index (χ0v) is 13.4. The summed E-state index contributed by atoms with van der Waals surface area (Å²) in [6.45, 7) is 3.94. The number of aromatic nitrogens is 3. The van der Waals surface area contributed by atoms with Gasteiger partial charge in [-0.3, -0.25) is 4.79 Å². The van der Waals surface area contributed by atoms with E-state index in [0.717, 1.165) is 19.3 Å². The maximum absolute atomic E-state index is 13.0. The van der Waals surface area contributed by atoms with Crippen LogP contribution in [-0.2, 0) is 0 Å². The van der Waals surface area contributed by atoms with Crippen LogP contribution in [0.15, 0.2) is 24.3 Å². The van der Waals surface area contributed by atoms with Crippen molar-refractivity contribution in [2.45, 2.75) is 45.6 Å². The quantitative estimate of drug-likeness (QED) is 0.947. The number of rotatable bonds is 3. The molecule has 1 aliphatic rings. The number of halogens is 1. The van der Waals surface area contributed by atoms with Gasteiger partial charge in [-0.15, -0.1) is 5.10 Å². The molecule has 3 rings (SSSR count). The van der Waals surface area contributed by atoms with Crippen LogP contribution < -0.4 is 5.32 Å². The zero-order chi connectivity index (χ0) is 16.4. The molecule has 1 amide bonds. The van der Waals surface area contributed by atoms with Crippen LogP contribution in [0.1, 0.15) is 49.1 Å². The summed E-state index contributed by atoms with van der Waals surface area (Å²) in [5, 5.41) is 7.32. The van der Waals surface area contributed by atoms with Crippen LogP contribution >= 0.6 is 0 Å². The second kappa shape index (κ2) is 6.48. The lowest BCUT2D eigenvalue weighted by atomic mass is 9.86. The molecule has 2 aromatic rings. The molecule has 1 N–H and O–H groups in total. The SMILES string of the molecule is Cc1nc(C(=O)N[C@H]2CCCC[C@@H]2C)nn1-c1ccc(F)cc1. The molecule has 1 saturated carbocycles. The van der Waals surface area contributed by atoms with Crippen molar-refractivity contribution in [2.75, 3.05) is 0 Å². The fourth-order valence-electron chi connectivity index (χ4n) is 3.08. The fraction of sp³-hybridized carbons (Fsp3) is 0.471. The van der Waals surface area contributed by atoms with Gasteiger partial charge in [0, 0.05) is 6.04 Å². The molecule has 1 aromatic heterocycles. The van der Waals surface area contributed by atoms with E-state index < -0.39 is 0 Å². The highest BCUT2D eigenvalue weighted by Gasteiger charge is 2.25. The molecule has 1 aliphatic carbocycles. The summed E-state index contributed by atoms with van der Waals surface area (Å²) in [6.07, 6.45) is 4.52. The molecule has 23 heavy (non-hydrogen) atoms. The van der Waals surface area contributed by atoms with Gasteiger partial charge in [0.05, 0.1) is 5.69 Å². The number of carbonyl (C=O) groups is 1. The Bertz CT molecular complexity index is 695. The standard InChI is InChI=1S/C17H21FN4O/c1-11-5-3-4-6-15(11)20-17(23)16-19-12(2)22(21-16)14-9-7-13(18)8-10-14/h7-11,15H,3-6H2,1-2H3,(H,20,23)/t11-,15-/m0/s1. The molecule has 0 bridgehead atoms. The molecule has 0 saturated heterocycles. The highest BCUT2D eigenvalue weighted by Crippen LogP contribution is 2.23. The van der Waals surface area contributed by atoms with Crippen LogP contribution in [0.4, 0.5) is 4.39 Å². The van der Waals surface area contributed by atoms with E-state index in [0.29, 0.717) is 17.4 Å². The number of nitrogens with one attached hydrogen (secondary N) is 1. The first-order valence-electron chi connectivity index (χ1n) is 8.05. The lowest BCUT2D eigenvalue weighted by Gasteiger charge is -2.28. The van der Waals surface area contributed by atoms with E-state index in [-0.39, 0.29) is 23.6 Å². The third-order valence-corrected chi connectivity index (χ3v) is 4.47. The van der Waals surface area contributed by atoms with Gasteiger partial charge in [0.25, 0.3) is 5.91 Å². The minimum Gasteiger partial charge on any atom is -0.346 e. The molecular formula is C17H21FN4O. The van der Waals surface area contributed by atoms with Gasteiger partial charge in [0.15, 0.2) is 0 Å². The molecule has 0 unspecified atom stereocenters. The van der Waals surface area contributed by atoms with Crippen molar-refractivity contribution in [1.29, 1.82) is 0 Å². The van der Waals surface area contributed by atoms with Gasteiger partial charge >= 0.3 is 0 Å². The summed E-state index contributed by atoms with van der Waals surface area (Å²) in [5.41, 5.74) is 0.682. The maximum Gasteiger partial charge on any atom is 0.291 e. The van der Waals surface area contributed by atoms with E-state index in [4.69, 9.17) is 0 Å². The monoisotopic (exact) mass is 316 g/mol. The first-order chi connectivity index (χ1) is 11.0. The Labute approximate surface area is 134 Å². The van der Waals surface area contributed by atoms with E-state index in [2.05, 4.69) is 22.3 Å². The molecule has 5 nitrogen and oxygen atoms in total. The number of benzene rings is 1. The Hall–Kier alpha value is -2.24. The van der Waals surface area contributed by atoms with Crippen molar-refractivity contribution in [3.05, 3.63) is 41.7 Å². The molecule has 1 heterocycles. The van der Waals surface area contributed by atoms with Crippen molar-refractivity contribution in [3.63, 3.8) is 0 Å². The van der Waals surface area contributed by atoms with Crippen LogP contribution in [0, 0.1) is 18.7 Å². The molecule has 2 atom stereocenters. The molecule has 0 radical (unpaired) electrons. The number of amides is 1. The minimum absolute atomic E-state index is 0.157. The van der Waals surface area contributed by atoms with Gasteiger partial charge < -0.3 is 5.32 Å². The van der Waals surface area contributed by atoms with Crippen LogP contribution in [0.25, 0.3) is 5.69 Å². The largest absolute Gasteiger partial charge is 0.346 e. The topological polar surface area (TPSA) is 59.8 Å². The van der Waals surface area contributed by atoms with Crippen molar-refractivity contribution < 1.29 is 9.18 Å². The Kier molecular flexibility index (Phi) is 4.41. The third kappa shape index (κ3) is 3.41. The van der Waals surface area contributed by atoms with E-state index in [9.17, 15) is 9.18 Å². The van der Waals surface area contributed by atoms with Crippen LogP contribution in [0.2, 0.25) is 0 Å². The van der Waals surface area contributed by atoms with Gasteiger partial charge in [0.2, 0.25) is 5.82 Å². The smallest absolute Gasteiger partial charge is 0.291 e. The van der Waals surface area contributed by atoms with Gasteiger partial charge in [0.1, 0.15) is 11.6 Å². The minimum atomic E-state index is -0.309. The average Bonchev–Trinajstić information content (AvgIpc) is 2.92. The lowest BCUT2D eigenvalue weighted by Crippen LogP contribution is -2.41. The summed E-state index contributed by atoms with van der Waals surface area (Å²) in [6, 6.07) is 6.14. The molecule has 0 spiro atoms. The molecule has 122 valence electrons. The summed E-state index contributed by atoms with van der Waals surface area (Å²) in [5.74, 6) is 0.680. The molecule has 1 aromatic carbocycles. The van der Waals surface area contributed by atoms with Crippen LogP contribution in [-0.4, -0.2) is 26.7 Å². The van der Waals surface area contributed by atoms with Gasteiger partial charge in [-0.1, -0.05) is 19.8 Å². The number of nitrogens with zero attached hydrogens (tertiary/aromatic N) is 3. The molecule has 1 fully saturated rings. The van der Waals surface area contributed by atoms with Crippen molar-refractivity contribution in [2.24, 2.45) is 5.92 Å². The average molecular weight is 316 g/mol. The lowest BCUT2D eigenvalue weighted by molar-refractivity contribution is 0.0899. The number of carbonyl (C=O) groups excluding carboxylic acids is 1. The van der Waals surface area contributed by atoms with Crippen molar-refractivity contribution in [1.82, 2.24) is 20.1 Å². The Morgan fingerprint density at radius 3 is 2.65 bits per heavy atom. The normalized spacial score (nSPS) is 21.2. The second-order valence-corrected chi connectivity index (χ2v) is 6.21. The van der Waals surface area contributed by atoms with E-state index in [1.165, 1.54) is 18.6 Å². The Morgan fingerprint density at radius 1 is 1.26 bits per heavy atom. The highest BCUT2D eigenvalue weighted by atomic mass is 19.1. The molecule has 0 aliphatic heterocycles. The number of hydrogen-bond acceptors (Lipinski definition) is 3. The zero-order valence-electron chi connectivity index (χ0n) is 13.4. The predicted octanol–water partition coefficient (Wildman–Crippen LogP) is 3.02. The van der Waals surface area contributed by atoms with Gasteiger partial charge in [-0.25, -0.2) is 14.1 Å².